The lowest BCUT2D eigenvalue weighted by Gasteiger charge is -1.99. The van der Waals surface area contributed by atoms with E-state index in [1.807, 2.05) is 17.4 Å². The summed E-state index contributed by atoms with van der Waals surface area (Å²) in [6.07, 6.45) is 1.13. The zero-order chi connectivity index (χ0) is 13.1. The number of hydrogen-bond acceptors (Lipinski definition) is 4. The van der Waals surface area contributed by atoms with Crippen molar-refractivity contribution in [3.05, 3.63) is 51.2 Å². The molecule has 2 aromatic heterocycles. The number of thiazole rings is 1. The highest BCUT2D eigenvalue weighted by Crippen LogP contribution is 2.21. The minimum atomic E-state index is 0.846. The van der Waals surface area contributed by atoms with Crippen molar-refractivity contribution in [3.8, 4) is 0 Å². The first-order valence-corrected chi connectivity index (χ1v) is 8.11. The Morgan fingerprint density at radius 1 is 1.00 bits per heavy atom. The van der Waals surface area contributed by atoms with E-state index >= 15 is 0 Å². The van der Waals surface area contributed by atoms with Crippen LogP contribution in [-0.2, 0) is 19.5 Å². The fourth-order valence-electron chi connectivity index (χ4n) is 2.00. The van der Waals surface area contributed by atoms with E-state index in [4.69, 9.17) is 0 Å². The molecule has 1 aromatic carbocycles. The third-order valence-corrected chi connectivity index (χ3v) is 5.25. The average Bonchev–Trinajstić information content (AvgIpc) is 3.04. The van der Waals surface area contributed by atoms with Crippen LogP contribution in [0.2, 0.25) is 0 Å². The van der Waals surface area contributed by atoms with Crippen molar-refractivity contribution in [2.45, 2.75) is 26.4 Å². The molecule has 0 atom stereocenters. The van der Waals surface area contributed by atoms with E-state index in [2.05, 4.69) is 47.6 Å². The highest BCUT2D eigenvalue weighted by molar-refractivity contribution is 7.18. The van der Waals surface area contributed by atoms with Gasteiger partial charge in [0.15, 0.2) is 0 Å². The Hall–Kier alpha value is -1.23. The van der Waals surface area contributed by atoms with E-state index in [-0.39, 0.29) is 0 Å². The van der Waals surface area contributed by atoms with Crippen molar-refractivity contribution in [1.29, 1.82) is 0 Å². The molecule has 0 aliphatic carbocycles. The molecular formula is C15H16N2S2. The molecule has 2 heterocycles. The van der Waals surface area contributed by atoms with Gasteiger partial charge in [-0.15, -0.1) is 22.7 Å². The number of thiophene rings is 1. The molecule has 0 unspecified atom stereocenters. The smallest absolute Gasteiger partial charge is 0.108 e. The third kappa shape index (κ3) is 3.03. The van der Waals surface area contributed by atoms with Gasteiger partial charge >= 0.3 is 0 Å². The quantitative estimate of drug-likeness (QED) is 0.760. The molecule has 0 amide bonds. The molecule has 19 heavy (non-hydrogen) atoms. The first-order valence-electron chi connectivity index (χ1n) is 6.48. The van der Waals surface area contributed by atoms with Gasteiger partial charge in [0.25, 0.3) is 0 Å². The molecule has 4 heteroatoms. The van der Waals surface area contributed by atoms with Crippen molar-refractivity contribution in [2.75, 3.05) is 0 Å². The molecule has 0 saturated carbocycles. The van der Waals surface area contributed by atoms with Gasteiger partial charge in [0.2, 0.25) is 0 Å². The maximum Gasteiger partial charge on any atom is 0.108 e. The minimum Gasteiger partial charge on any atom is -0.306 e. The van der Waals surface area contributed by atoms with Crippen LogP contribution in [0.1, 0.15) is 21.7 Å². The fourth-order valence-corrected chi connectivity index (χ4v) is 3.86. The van der Waals surface area contributed by atoms with Gasteiger partial charge in [-0.25, -0.2) is 4.98 Å². The SMILES string of the molecule is CCc1ccc(CNCc2nc3ccccc3s2)s1. The van der Waals surface area contributed by atoms with E-state index in [0.717, 1.165) is 30.0 Å². The lowest BCUT2D eigenvalue weighted by atomic mass is 10.3. The average molecular weight is 288 g/mol. The van der Waals surface area contributed by atoms with Crippen molar-refractivity contribution < 1.29 is 0 Å². The Balaban J connectivity index is 1.59. The van der Waals surface area contributed by atoms with Crippen molar-refractivity contribution in [1.82, 2.24) is 10.3 Å². The topological polar surface area (TPSA) is 24.9 Å². The van der Waals surface area contributed by atoms with Crippen LogP contribution in [0.5, 0.6) is 0 Å². The number of hydrogen-bond donors (Lipinski definition) is 1. The van der Waals surface area contributed by atoms with Gasteiger partial charge in [0.05, 0.1) is 10.2 Å². The number of fused-ring (bicyclic) bond motifs is 1. The largest absolute Gasteiger partial charge is 0.306 e. The monoisotopic (exact) mass is 288 g/mol. The zero-order valence-corrected chi connectivity index (χ0v) is 12.5. The van der Waals surface area contributed by atoms with E-state index in [1.165, 1.54) is 14.5 Å². The molecule has 0 aliphatic rings. The fraction of sp³-hybridized carbons (Fsp3) is 0.267. The minimum absolute atomic E-state index is 0.846. The Bertz CT molecular complexity index is 636. The summed E-state index contributed by atoms with van der Waals surface area (Å²) in [4.78, 5) is 7.48. The van der Waals surface area contributed by atoms with E-state index in [0.29, 0.717) is 0 Å². The number of aromatic nitrogens is 1. The zero-order valence-electron chi connectivity index (χ0n) is 10.8. The first-order chi connectivity index (χ1) is 9.35. The van der Waals surface area contributed by atoms with Crippen LogP contribution in [0.25, 0.3) is 10.2 Å². The van der Waals surface area contributed by atoms with Crippen molar-refractivity contribution in [2.24, 2.45) is 0 Å². The van der Waals surface area contributed by atoms with Crippen LogP contribution in [0.4, 0.5) is 0 Å². The summed E-state index contributed by atoms with van der Waals surface area (Å²) >= 11 is 3.67. The molecule has 0 aliphatic heterocycles. The van der Waals surface area contributed by atoms with Gasteiger partial charge < -0.3 is 5.32 Å². The molecule has 0 bridgehead atoms. The Morgan fingerprint density at radius 2 is 1.84 bits per heavy atom. The molecule has 0 saturated heterocycles. The number of rotatable bonds is 5. The molecule has 98 valence electrons. The van der Waals surface area contributed by atoms with Crippen LogP contribution in [0, 0.1) is 0 Å². The number of para-hydroxylation sites is 1. The van der Waals surface area contributed by atoms with Crippen LogP contribution in [0.15, 0.2) is 36.4 Å². The van der Waals surface area contributed by atoms with Crippen molar-refractivity contribution >= 4 is 32.9 Å². The molecule has 1 N–H and O–H groups in total. The Kier molecular flexibility index (Phi) is 3.92. The lowest BCUT2D eigenvalue weighted by molar-refractivity contribution is 0.698. The summed E-state index contributed by atoms with van der Waals surface area (Å²) in [5.41, 5.74) is 1.11. The second-order valence-corrected chi connectivity index (χ2v) is 6.77. The lowest BCUT2D eigenvalue weighted by Crippen LogP contribution is -2.11. The number of nitrogens with one attached hydrogen (secondary N) is 1. The number of benzene rings is 1. The van der Waals surface area contributed by atoms with Crippen molar-refractivity contribution in [3.63, 3.8) is 0 Å². The van der Waals surface area contributed by atoms with Crippen LogP contribution in [-0.4, -0.2) is 4.98 Å². The summed E-state index contributed by atoms with van der Waals surface area (Å²) in [6.45, 7) is 3.98. The molecule has 0 fully saturated rings. The molecule has 0 spiro atoms. The normalized spacial score (nSPS) is 11.2. The van der Waals surface area contributed by atoms with E-state index in [1.54, 1.807) is 11.3 Å². The molecule has 3 aromatic rings. The molecule has 0 radical (unpaired) electrons. The molecule has 3 rings (SSSR count). The second-order valence-electron chi connectivity index (χ2n) is 4.40. The highest BCUT2D eigenvalue weighted by Gasteiger charge is 2.03. The standard InChI is InChI=1S/C15H16N2S2/c1-2-11-7-8-12(18-11)9-16-10-15-17-13-5-3-4-6-14(13)19-15/h3-8,16H,2,9-10H2,1H3. The van der Waals surface area contributed by atoms with Gasteiger partial charge in [-0.3, -0.25) is 0 Å². The summed E-state index contributed by atoms with van der Waals surface area (Å²) in [7, 11) is 0. The highest BCUT2D eigenvalue weighted by atomic mass is 32.1. The van der Waals surface area contributed by atoms with Gasteiger partial charge in [-0.1, -0.05) is 19.1 Å². The van der Waals surface area contributed by atoms with Crippen LogP contribution < -0.4 is 5.32 Å². The predicted octanol–water partition coefficient (Wildman–Crippen LogP) is 4.21. The molecule has 2 nitrogen and oxygen atoms in total. The first kappa shape index (κ1) is 12.8. The third-order valence-electron chi connectivity index (χ3n) is 2.98. The summed E-state index contributed by atoms with van der Waals surface area (Å²) in [5.74, 6) is 0. The maximum absolute atomic E-state index is 4.62. The maximum atomic E-state index is 4.62. The summed E-state index contributed by atoms with van der Waals surface area (Å²) < 4.78 is 1.27. The second kappa shape index (κ2) is 5.82. The number of nitrogens with zero attached hydrogens (tertiary/aromatic N) is 1. The summed E-state index contributed by atoms with van der Waals surface area (Å²) in [5, 5.41) is 4.64. The Labute approximate surface area is 121 Å². The van der Waals surface area contributed by atoms with Gasteiger partial charge in [-0.05, 0) is 30.7 Å². The van der Waals surface area contributed by atoms with Crippen LogP contribution >= 0.6 is 22.7 Å². The van der Waals surface area contributed by atoms with Gasteiger partial charge in [0.1, 0.15) is 5.01 Å². The molecular weight excluding hydrogens is 272 g/mol. The Morgan fingerprint density at radius 3 is 2.63 bits per heavy atom. The van der Waals surface area contributed by atoms with Gasteiger partial charge in [-0.2, -0.15) is 0 Å². The van der Waals surface area contributed by atoms with E-state index in [9.17, 15) is 0 Å². The predicted molar refractivity (Wildman–Crippen MR) is 83.9 cm³/mol. The van der Waals surface area contributed by atoms with Crippen LogP contribution in [0.3, 0.4) is 0 Å². The summed E-state index contributed by atoms with van der Waals surface area (Å²) in [6, 6.07) is 12.7. The number of aryl methyl sites for hydroxylation is 1. The van der Waals surface area contributed by atoms with Gasteiger partial charge in [0, 0.05) is 22.8 Å². The van der Waals surface area contributed by atoms with E-state index < -0.39 is 0 Å².